The van der Waals surface area contributed by atoms with Crippen LogP contribution in [0.25, 0.3) is 28.1 Å². The summed E-state index contributed by atoms with van der Waals surface area (Å²) >= 11 is 0. The number of nitrogens with one attached hydrogen (secondary N) is 1. The van der Waals surface area contributed by atoms with Crippen LogP contribution in [0.15, 0.2) is 110 Å². The van der Waals surface area contributed by atoms with Gasteiger partial charge in [-0.1, -0.05) is 30.3 Å². The first-order valence-electron chi connectivity index (χ1n) is 12.2. The average molecular weight is 502 g/mol. The van der Waals surface area contributed by atoms with Crippen molar-refractivity contribution in [1.29, 1.82) is 0 Å². The van der Waals surface area contributed by atoms with Crippen molar-refractivity contribution in [3.8, 4) is 28.1 Å². The van der Waals surface area contributed by atoms with Gasteiger partial charge < -0.3 is 5.32 Å². The largest absolute Gasteiger partial charge is 0.340 e. The molecule has 0 bridgehead atoms. The van der Waals surface area contributed by atoms with Gasteiger partial charge in [-0.3, -0.25) is 4.68 Å². The maximum atomic E-state index is 13.7. The van der Waals surface area contributed by atoms with Crippen LogP contribution in [0.2, 0.25) is 0 Å². The fourth-order valence-electron chi connectivity index (χ4n) is 4.29. The van der Waals surface area contributed by atoms with Gasteiger partial charge in [0.1, 0.15) is 29.5 Å². The van der Waals surface area contributed by atoms with E-state index < -0.39 is 0 Å². The minimum atomic E-state index is -0.278. The summed E-state index contributed by atoms with van der Waals surface area (Å²) < 4.78 is 17.3. The minimum absolute atomic E-state index is 0.278. The second-order valence-corrected chi connectivity index (χ2v) is 8.92. The molecule has 0 fully saturated rings. The molecule has 0 unspecified atom stereocenters. The third-order valence-corrected chi connectivity index (χ3v) is 6.15. The number of aryl methyl sites for hydroxylation is 1. The number of hydrogen-bond donors (Lipinski definition) is 1. The van der Waals surface area contributed by atoms with Crippen LogP contribution >= 0.6 is 0 Å². The third-order valence-electron chi connectivity index (χ3n) is 6.15. The van der Waals surface area contributed by atoms with Crippen molar-refractivity contribution in [3.63, 3.8) is 0 Å². The van der Waals surface area contributed by atoms with Crippen molar-refractivity contribution in [3.05, 3.63) is 127 Å². The van der Waals surface area contributed by atoms with Gasteiger partial charge in [-0.15, -0.1) is 0 Å². The number of benzene rings is 3. The molecule has 6 rings (SSSR count). The lowest BCUT2D eigenvalue weighted by Crippen LogP contribution is -2.00. The van der Waals surface area contributed by atoms with Gasteiger partial charge in [0.15, 0.2) is 0 Å². The molecule has 0 saturated carbocycles. The molecule has 38 heavy (non-hydrogen) atoms. The Morgan fingerprint density at radius 1 is 0.816 bits per heavy atom. The molecule has 186 valence electrons. The maximum Gasteiger partial charge on any atom is 0.147 e. The summed E-state index contributed by atoms with van der Waals surface area (Å²) in [5, 5.41) is 12.6. The first kappa shape index (κ1) is 23.3. The molecule has 0 amide bonds. The van der Waals surface area contributed by atoms with E-state index in [4.69, 9.17) is 5.10 Å². The first-order valence-corrected chi connectivity index (χ1v) is 12.2. The van der Waals surface area contributed by atoms with Crippen LogP contribution in [-0.4, -0.2) is 29.5 Å². The van der Waals surface area contributed by atoms with Crippen molar-refractivity contribution < 1.29 is 4.39 Å². The van der Waals surface area contributed by atoms with E-state index in [0.717, 1.165) is 45.1 Å². The van der Waals surface area contributed by atoms with E-state index in [2.05, 4.69) is 32.5 Å². The predicted octanol–water partition coefficient (Wildman–Crippen LogP) is 6.43. The number of anilines is 2. The van der Waals surface area contributed by atoms with E-state index >= 15 is 0 Å². The Morgan fingerprint density at radius 3 is 2.34 bits per heavy atom. The van der Waals surface area contributed by atoms with Crippen LogP contribution in [0.3, 0.4) is 0 Å². The second-order valence-electron chi connectivity index (χ2n) is 8.92. The molecule has 8 heteroatoms. The topological polar surface area (TPSA) is 73.5 Å². The molecule has 0 aliphatic carbocycles. The monoisotopic (exact) mass is 501 g/mol. The zero-order chi connectivity index (χ0) is 25.9. The van der Waals surface area contributed by atoms with Gasteiger partial charge in [0.2, 0.25) is 0 Å². The van der Waals surface area contributed by atoms with E-state index in [1.165, 1.54) is 12.1 Å². The first-order chi connectivity index (χ1) is 18.6. The van der Waals surface area contributed by atoms with Crippen LogP contribution < -0.4 is 5.32 Å². The van der Waals surface area contributed by atoms with Gasteiger partial charge in [-0.05, 0) is 78.7 Å². The highest BCUT2D eigenvalue weighted by Gasteiger charge is 2.15. The Morgan fingerprint density at radius 2 is 1.61 bits per heavy atom. The normalized spacial score (nSPS) is 11.0. The molecule has 1 N–H and O–H groups in total. The summed E-state index contributed by atoms with van der Waals surface area (Å²) in [5.41, 5.74) is 6.49. The summed E-state index contributed by atoms with van der Waals surface area (Å²) in [6.07, 6.45) is 5.49. The molecule has 6 aromatic rings. The quantitative estimate of drug-likeness (QED) is 0.273. The standard InChI is InChI=1S/C30H24FN7/c1-21-33-20-38(35-21)27-13-11-26(12-14-27)34-29-17-24(15-16-32-29)28-19-37(18-22-5-3-2-4-6-22)36-30(28)23-7-9-25(31)10-8-23/h2-17,19-20H,18H2,1H3,(H,32,34). The van der Waals surface area contributed by atoms with Crippen LogP contribution in [0.4, 0.5) is 15.9 Å². The van der Waals surface area contributed by atoms with Crippen LogP contribution in [-0.2, 0) is 6.54 Å². The Labute approximate surface area is 219 Å². The summed E-state index contributed by atoms with van der Waals surface area (Å²) in [6.45, 7) is 2.49. The Kier molecular flexibility index (Phi) is 6.19. The van der Waals surface area contributed by atoms with Gasteiger partial charge in [-0.25, -0.2) is 19.0 Å². The molecule has 0 spiro atoms. The number of hydrogen-bond acceptors (Lipinski definition) is 5. The number of rotatable bonds is 7. The van der Waals surface area contributed by atoms with E-state index in [0.29, 0.717) is 12.4 Å². The number of halogens is 1. The number of aromatic nitrogens is 6. The highest BCUT2D eigenvalue weighted by atomic mass is 19.1. The van der Waals surface area contributed by atoms with Crippen LogP contribution in [0, 0.1) is 12.7 Å². The van der Waals surface area contributed by atoms with E-state index in [-0.39, 0.29) is 5.82 Å². The lowest BCUT2D eigenvalue weighted by Gasteiger charge is -2.09. The van der Waals surface area contributed by atoms with Crippen molar-refractivity contribution in [1.82, 2.24) is 29.5 Å². The van der Waals surface area contributed by atoms with Gasteiger partial charge in [0.05, 0.1) is 12.2 Å². The summed E-state index contributed by atoms with van der Waals surface area (Å²) in [7, 11) is 0. The van der Waals surface area contributed by atoms with Gasteiger partial charge in [-0.2, -0.15) is 10.2 Å². The fraction of sp³-hybridized carbons (Fsp3) is 0.0667. The third kappa shape index (κ3) is 5.05. The summed E-state index contributed by atoms with van der Waals surface area (Å²) in [4.78, 5) is 8.70. The Hall–Kier alpha value is -5.11. The summed E-state index contributed by atoms with van der Waals surface area (Å²) in [5.74, 6) is 1.15. The Balaban J connectivity index is 1.31. The van der Waals surface area contributed by atoms with Crippen molar-refractivity contribution in [2.45, 2.75) is 13.5 Å². The number of nitrogens with zero attached hydrogens (tertiary/aromatic N) is 6. The molecule has 0 aliphatic rings. The lowest BCUT2D eigenvalue weighted by molar-refractivity contribution is 0.628. The highest BCUT2D eigenvalue weighted by Crippen LogP contribution is 2.33. The zero-order valence-corrected chi connectivity index (χ0v) is 20.7. The van der Waals surface area contributed by atoms with Crippen molar-refractivity contribution in [2.75, 3.05) is 5.32 Å². The van der Waals surface area contributed by atoms with E-state index in [1.807, 2.05) is 72.4 Å². The zero-order valence-electron chi connectivity index (χ0n) is 20.7. The number of pyridine rings is 1. The van der Waals surface area contributed by atoms with Crippen molar-refractivity contribution in [2.24, 2.45) is 0 Å². The lowest BCUT2D eigenvalue weighted by atomic mass is 10.0. The molecular formula is C30H24FN7. The summed E-state index contributed by atoms with van der Waals surface area (Å²) in [6, 6.07) is 28.4. The molecule has 0 saturated heterocycles. The molecule has 0 radical (unpaired) electrons. The molecule has 7 nitrogen and oxygen atoms in total. The molecule has 0 aliphatic heterocycles. The predicted molar refractivity (Wildman–Crippen MR) is 146 cm³/mol. The van der Waals surface area contributed by atoms with E-state index in [1.54, 1.807) is 29.3 Å². The molecule has 3 heterocycles. The smallest absolute Gasteiger partial charge is 0.147 e. The van der Waals surface area contributed by atoms with E-state index in [9.17, 15) is 4.39 Å². The fourth-order valence-corrected chi connectivity index (χ4v) is 4.29. The molecule has 3 aromatic heterocycles. The second kappa shape index (κ2) is 10.1. The van der Waals surface area contributed by atoms with Gasteiger partial charge in [0, 0.05) is 29.2 Å². The van der Waals surface area contributed by atoms with Crippen LogP contribution in [0.1, 0.15) is 11.4 Å². The minimum Gasteiger partial charge on any atom is -0.340 e. The maximum absolute atomic E-state index is 13.7. The van der Waals surface area contributed by atoms with Gasteiger partial charge in [0.25, 0.3) is 0 Å². The average Bonchev–Trinajstić information content (AvgIpc) is 3.57. The van der Waals surface area contributed by atoms with Gasteiger partial charge >= 0.3 is 0 Å². The van der Waals surface area contributed by atoms with Crippen LogP contribution in [0.5, 0.6) is 0 Å². The molecule has 0 atom stereocenters. The van der Waals surface area contributed by atoms with Crippen molar-refractivity contribution >= 4 is 11.5 Å². The SMILES string of the molecule is Cc1ncn(-c2ccc(Nc3cc(-c4cn(Cc5ccccc5)nc4-c4ccc(F)cc4)ccn3)cc2)n1. The molecular weight excluding hydrogens is 477 g/mol. The highest BCUT2D eigenvalue weighted by molar-refractivity contribution is 5.81. The Bertz CT molecular complexity index is 1670. The molecule has 3 aromatic carbocycles.